The topological polar surface area (TPSA) is 72.2 Å². The molecule has 0 saturated heterocycles. The van der Waals surface area contributed by atoms with Crippen molar-refractivity contribution >= 4 is 16.7 Å². The third kappa shape index (κ3) is 5.55. The minimum Gasteiger partial charge on any atom is -0.352 e. The summed E-state index contributed by atoms with van der Waals surface area (Å²) in [5.74, 6) is 6.24. The smallest absolute Gasteiger partial charge is 0.251 e. The fourth-order valence-corrected chi connectivity index (χ4v) is 2.22. The second-order valence-corrected chi connectivity index (χ2v) is 5.98. The lowest BCUT2D eigenvalue weighted by Gasteiger charge is -2.06. The first-order valence-corrected chi connectivity index (χ1v) is 8.15. The molecule has 0 heterocycles. The maximum Gasteiger partial charge on any atom is 0.251 e. The van der Waals surface area contributed by atoms with Gasteiger partial charge in [-0.05, 0) is 37.1 Å². The number of carbonyl (C=O) groups is 1. The molecule has 0 aromatic heterocycles. The SMILES string of the molecule is Cc1cc(C(=O)NCCCS(C)=O)ccc1C#CCN. The lowest BCUT2D eigenvalue weighted by molar-refractivity contribution is 0.0953. The molecule has 1 aromatic carbocycles. The van der Waals surface area contributed by atoms with Gasteiger partial charge in [-0.3, -0.25) is 9.00 Å². The fraction of sp³-hybridized carbons (Fsp3) is 0.400. The molecule has 3 N–H and O–H groups in total. The summed E-state index contributed by atoms with van der Waals surface area (Å²) in [6, 6.07) is 5.39. The molecule has 5 heteroatoms. The Morgan fingerprint density at radius 1 is 1.45 bits per heavy atom. The van der Waals surface area contributed by atoms with E-state index >= 15 is 0 Å². The molecule has 0 saturated carbocycles. The highest BCUT2D eigenvalue weighted by atomic mass is 32.2. The van der Waals surface area contributed by atoms with Gasteiger partial charge >= 0.3 is 0 Å². The van der Waals surface area contributed by atoms with Crippen LogP contribution < -0.4 is 11.1 Å². The number of benzene rings is 1. The molecule has 0 fully saturated rings. The molecule has 0 spiro atoms. The largest absolute Gasteiger partial charge is 0.352 e. The second kappa shape index (κ2) is 8.51. The zero-order valence-corrected chi connectivity index (χ0v) is 12.7. The van der Waals surface area contributed by atoms with Crippen LogP contribution in [0.15, 0.2) is 18.2 Å². The molecule has 1 rings (SSSR count). The van der Waals surface area contributed by atoms with E-state index < -0.39 is 10.8 Å². The molecular weight excluding hydrogens is 272 g/mol. The van der Waals surface area contributed by atoms with Crippen molar-refractivity contribution in [2.75, 3.05) is 25.1 Å². The Morgan fingerprint density at radius 3 is 2.80 bits per heavy atom. The van der Waals surface area contributed by atoms with Crippen LogP contribution in [0.5, 0.6) is 0 Å². The number of nitrogens with one attached hydrogen (secondary N) is 1. The Labute approximate surface area is 122 Å². The summed E-state index contributed by atoms with van der Waals surface area (Å²) < 4.78 is 10.9. The predicted molar refractivity (Wildman–Crippen MR) is 83.0 cm³/mol. The molecule has 1 unspecified atom stereocenters. The van der Waals surface area contributed by atoms with Crippen LogP contribution in [0.4, 0.5) is 0 Å². The quantitative estimate of drug-likeness (QED) is 0.623. The van der Waals surface area contributed by atoms with Crippen molar-refractivity contribution in [1.82, 2.24) is 5.32 Å². The van der Waals surface area contributed by atoms with E-state index in [0.717, 1.165) is 11.1 Å². The summed E-state index contributed by atoms with van der Waals surface area (Å²) in [5, 5.41) is 2.81. The first-order valence-electron chi connectivity index (χ1n) is 6.42. The molecular formula is C15H20N2O2S. The zero-order chi connectivity index (χ0) is 15.0. The number of aryl methyl sites for hydroxylation is 1. The first-order chi connectivity index (χ1) is 9.54. The molecule has 108 valence electrons. The van der Waals surface area contributed by atoms with E-state index in [9.17, 15) is 9.00 Å². The Balaban J connectivity index is 2.61. The van der Waals surface area contributed by atoms with E-state index in [2.05, 4.69) is 17.2 Å². The van der Waals surface area contributed by atoms with Crippen LogP contribution in [0.3, 0.4) is 0 Å². The summed E-state index contributed by atoms with van der Waals surface area (Å²) in [7, 11) is -0.812. The minimum atomic E-state index is -0.812. The van der Waals surface area contributed by atoms with Crippen molar-refractivity contribution in [1.29, 1.82) is 0 Å². The van der Waals surface area contributed by atoms with Crippen LogP contribution in [-0.2, 0) is 10.8 Å². The van der Waals surface area contributed by atoms with Gasteiger partial charge in [0, 0.05) is 40.5 Å². The number of hydrogen-bond donors (Lipinski definition) is 2. The average Bonchev–Trinajstić information content (AvgIpc) is 2.41. The van der Waals surface area contributed by atoms with Gasteiger partial charge in [0.1, 0.15) is 0 Å². The first kappa shape index (κ1) is 16.4. The Morgan fingerprint density at radius 2 is 2.20 bits per heavy atom. The number of rotatable bonds is 5. The normalized spacial score (nSPS) is 11.3. The van der Waals surface area contributed by atoms with Gasteiger partial charge in [0.15, 0.2) is 0 Å². The molecule has 1 aromatic rings. The fourth-order valence-electron chi connectivity index (χ4n) is 1.67. The average molecular weight is 292 g/mol. The van der Waals surface area contributed by atoms with Crippen molar-refractivity contribution in [2.45, 2.75) is 13.3 Å². The molecule has 20 heavy (non-hydrogen) atoms. The van der Waals surface area contributed by atoms with Crippen molar-refractivity contribution < 1.29 is 9.00 Å². The van der Waals surface area contributed by atoms with Gasteiger partial charge in [-0.25, -0.2) is 0 Å². The highest BCUT2D eigenvalue weighted by Crippen LogP contribution is 2.10. The third-order valence-electron chi connectivity index (χ3n) is 2.71. The van der Waals surface area contributed by atoms with Crippen molar-refractivity contribution in [3.05, 3.63) is 34.9 Å². The van der Waals surface area contributed by atoms with Gasteiger partial charge < -0.3 is 11.1 Å². The van der Waals surface area contributed by atoms with E-state index in [1.807, 2.05) is 19.1 Å². The number of hydrogen-bond acceptors (Lipinski definition) is 3. The lowest BCUT2D eigenvalue weighted by atomic mass is 10.0. The van der Waals surface area contributed by atoms with Crippen LogP contribution in [0.25, 0.3) is 0 Å². The third-order valence-corrected chi connectivity index (χ3v) is 3.57. The van der Waals surface area contributed by atoms with Crippen molar-refractivity contribution in [2.24, 2.45) is 5.73 Å². The maximum absolute atomic E-state index is 11.9. The van der Waals surface area contributed by atoms with Crippen molar-refractivity contribution in [3.8, 4) is 11.8 Å². The van der Waals surface area contributed by atoms with Crippen LogP contribution in [0, 0.1) is 18.8 Å². The number of amides is 1. The summed E-state index contributed by atoms with van der Waals surface area (Å²) in [4.78, 5) is 11.9. The van der Waals surface area contributed by atoms with Crippen LogP contribution >= 0.6 is 0 Å². The molecule has 0 aliphatic carbocycles. The van der Waals surface area contributed by atoms with Gasteiger partial charge in [0.05, 0.1) is 6.54 Å². The zero-order valence-electron chi connectivity index (χ0n) is 11.9. The van der Waals surface area contributed by atoms with Gasteiger partial charge in [0.2, 0.25) is 0 Å². The van der Waals surface area contributed by atoms with Crippen molar-refractivity contribution in [3.63, 3.8) is 0 Å². The van der Waals surface area contributed by atoms with E-state index in [4.69, 9.17) is 5.73 Å². The summed E-state index contributed by atoms with van der Waals surface area (Å²) in [6.07, 6.45) is 2.38. The number of carbonyl (C=O) groups excluding carboxylic acids is 1. The van der Waals surface area contributed by atoms with Crippen LogP contribution in [0.1, 0.15) is 27.9 Å². The van der Waals surface area contributed by atoms with E-state index in [-0.39, 0.29) is 5.91 Å². The summed E-state index contributed by atoms with van der Waals surface area (Å²) >= 11 is 0. The number of nitrogens with two attached hydrogens (primary N) is 1. The molecule has 1 atom stereocenters. The highest BCUT2D eigenvalue weighted by molar-refractivity contribution is 7.84. The van der Waals surface area contributed by atoms with Gasteiger partial charge in [-0.1, -0.05) is 11.8 Å². The molecule has 1 amide bonds. The monoisotopic (exact) mass is 292 g/mol. The Bertz CT molecular complexity index is 559. The van der Waals surface area contributed by atoms with E-state index in [1.54, 1.807) is 12.3 Å². The molecule has 4 nitrogen and oxygen atoms in total. The predicted octanol–water partition coefficient (Wildman–Crippen LogP) is 0.804. The van der Waals surface area contributed by atoms with Gasteiger partial charge in [-0.2, -0.15) is 0 Å². The molecule has 0 bridgehead atoms. The summed E-state index contributed by atoms with van der Waals surface area (Å²) in [6.45, 7) is 2.77. The van der Waals surface area contributed by atoms with Crippen LogP contribution in [-0.4, -0.2) is 35.2 Å². The van der Waals surface area contributed by atoms with Crippen LogP contribution in [0.2, 0.25) is 0 Å². The summed E-state index contributed by atoms with van der Waals surface area (Å²) in [5.41, 5.74) is 7.78. The molecule has 0 radical (unpaired) electrons. The second-order valence-electron chi connectivity index (χ2n) is 4.42. The Hall–Kier alpha value is -1.64. The molecule has 0 aliphatic heterocycles. The minimum absolute atomic E-state index is 0.117. The standard InChI is InChI=1S/C15H20N2O2S/c1-12-11-14(7-6-13(12)5-3-8-16)15(18)17-9-4-10-20(2)19/h6-7,11H,4,8-10,16H2,1-2H3,(H,17,18). The van der Waals surface area contributed by atoms with Gasteiger partial charge in [-0.15, -0.1) is 0 Å². The van der Waals surface area contributed by atoms with Gasteiger partial charge in [0.25, 0.3) is 5.91 Å². The lowest BCUT2D eigenvalue weighted by Crippen LogP contribution is -2.25. The van der Waals surface area contributed by atoms with E-state index in [1.165, 1.54) is 0 Å². The maximum atomic E-state index is 11.9. The van der Waals surface area contributed by atoms with E-state index in [0.29, 0.717) is 30.8 Å². The molecule has 0 aliphatic rings. The Kier molecular flexibility index (Phi) is 6.99. The highest BCUT2D eigenvalue weighted by Gasteiger charge is 2.06.